The van der Waals surface area contributed by atoms with E-state index in [4.69, 9.17) is 9.47 Å². The van der Waals surface area contributed by atoms with Crippen LogP contribution in [0, 0.1) is 0 Å². The molecule has 2 rings (SSSR count). The van der Waals surface area contributed by atoms with Gasteiger partial charge in [0.05, 0.1) is 24.3 Å². The number of ether oxygens (including phenoxy) is 2. The van der Waals surface area contributed by atoms with Gasteiger partial charge in [0.25, 0.3) is 5.91 Å². The number of hydrogen-bond acceptors (Lipinski definition) is 4. The van der Waals surface area contributed by atoms with Crippen LogP contribution in [-0.4, -0.2) is 24.6 Å². The monoisotopic (exact) mass is 383 g/mol. The van der Waals surface area contributed by atoms with E-state index in [1.807, 2.05) is 57.2 Å². The number of nitrogens with one attached hydrogen (secondary N) is 1. The van der Waals surface area contributed by atoms with Crippen LogP contribution in [0.4, 0.5) is 0 Å². The first-order valence-corrected chi connectivity index (χ1v) is 9.65. The Kier molecular flexibility index (Phi) is 8.20. The molecule has 0 radical (unpaired) electrons. The molecule has 0 saturated carbocycles. The molecule has 1 N–H and O–H groups in total. The largest absolute Gasteiger partial charge is 0.452 e. The maximum absolute atomic E-state index is 12.1. The molecule has 0 bridgehead atoms. The molecule has 2 aromatic rings. The van der Waals surface area contributed by atoms with Crippen molar-refractivity contribution in [3.63, 3.8) is 0 Å². The predicted molar refractivity (Wildman–Crippen MR) is 109 cm³/mol. The molecule has 28 heavy (non-hydrogen) atoms. The molecule has 0 unspecified atom stereocenters. The Morgan fingerprint density at radius 3 is 2.11 bits per heavy atom. The van der Waals surface area contributed by atoms with Crippen molar-refractivity contribution < 1.29 is 19.1 Å². The second-order valence-corrected chi connectivity index (χ2v) is 7.02. The van der Waals surface area contributed by atoms with Gasteiger partial charge in [-0.05, 0) is 56.0 Å². The van der Waals surface area contributed by atoms with Gasteiger partial charge in [0.2, 0.25) is 0 Å². The Morgan fingerprint density at radius 2 is 1.54 bits per heavy atom. The number of amides is 1. The maximum Gasteiger partial charge on any atom is 0.338 e. The summed E-state index contributed by atoms with van der Waals surface area (Å²) < 4.78 is 10.6. The number of hydrogen-bond donors (Lipinski definition) is 1. The summed E-state index contributed by atoms with van der Waals surface area (Å²) >= 11 is 0. The van der Waals surface area contributed by atoms with Gasteiger partial charge < -0.3 is 14.8 Å². The molecule has 0 fully saturated rings. The van der Waals surface area contributed by atoms with Crippen LogP contribution >= 0.6 is 0 Å². The minimum atomic E-state index is -0.522. The second kappa shape index (κ2) is 10.6. The molecule has 5 nitrogen and oxygen atoms in total. The van der Waals surface area contributed by atoms with E-state index in [1.54, 1.807) is 12.1 Å². The van der Waals surface area contributed by atoms with Gasteiger partial charge in [-0.2, -0.15) is 0 Å². The first-order chi connectivity index (χ1) is 13.4. The molecular weight excluding hydrogens is 354 g/mol. The van der Waals surface area contributed by atoms with Crippen LogP contribution < -0.4 is 5.32 Å². The number of esters is 1. The van der Waals surface area contributed by atoms with Crippen molar-refractivity contribution >= 4 is 11.9 Å². The Hall–Kier alpha value is -2.66. The molecule has 0 heterocycles. The highest BCUT2D eigenvalue weighted by atomic mass is 16.5. The molecule has 0 aromatic heterocycles. The van der Waals surface area contributed by atoms with Gasteiger partial charge in [-0.1, -0.05) is 43.3 Å². The lowest BCUT2D eigenvalue weighted by Crippen LogP contribution is -2.31. The quantitative estimate of drug-likeness (QED) is 0.659. The molecule has 0 spiro atoms. The van der Waals surface area contributed by atoms with Crippen molar-refractivity contribution in [2.45, 2.75) is 52.9 Å². The van der Waals surface area contributed by atoms with Gasteiger partial charge in [-0.15, -0.1) is 0 Å². The SMILES string of the molecule is CCc1ccc([C@@H](C)NC(=O)COC(=O)c2ccc(COC(C)C)cc2)cc1. The summed E-state index contributed by atoms with van der Waals surface area (Å²) in [7, 11) is 0. The van der Waals surface area contributed by atoms with Crippen molar-refractivity contribution in [2.75, 3.05) is 6.61 Å². The van der Waals surface area contributed by atoms with Crippen LogP contribution in [0.1, 0.15) is 60.8 Å². The van der Waals surface area contributed by atoms with Gasteiger partial charge in [0.1, 0.15) is 0 Å². The molecule has 0 aliphatic heterocycles. The molecule has 2 aromatic carbocycles. The third-order valence-corrected chi connectivity index (χ3v) is 4.37. The van der Waals surface area contributed by atoms with Crippen molar-refractivity contribution in [2.24, 2.45) is 0 Å². The van der Waals surface area contributed by atoms with Crippen LogP contribution in [0.5, 0.6) is 0 Å². The number of benzene rings is 2. The maximum atomic E-state index is 12.1. The van der Waals surface area contributed by atoms with Crippen LogP contribution in [0.15, 0.2) is 48.5 Å². The predicted octanol–water partition coefficient (Wildman–Crippen LogP) is 4.21. The summed E-state index contributed by atoms with van der Waals surface area (Å²) in [4.78, 5) is 24.2. The fraction of sp³-hybridized carbons (Fsp3) is 0.391. The Morgan fingerprint density at radius 1 is 0.929 bits per heavy atom. The summed E-state index contributed by atoms with van der Waals surface area (Å²) in [5.41, 5.74) is 3.64. The minimum absolute atomic E-state index is 0.148. The van der Waals surface area contributed by atoms with Crippen molar-refractivity contribution in [3.05, 3.63) is 70.8 Å². The van der Waals surface area contributed by atoms with E-state index in [0.717, 1.165) is 17.5 Å². The number of carbonyl (C=O) groups is 2. The average Bonchev–Trinajstić information content (AvgIpc) is 2.70. The van der Waals surface area contributed by atoms with Crippen molar-refractivity contribution in [3.8, 4) is 0 Å². The number of rotatable bonds is 9. The molecule has 0 aliphatic carbocycles. The summed E-state index contributed by atoms with van der Waals surface area (Å²) in [6, 6.07) is 14.9. The van der Waals surface area contributed by atoms with E-state index in [1.165, 1.54) is 5.56 Å². The van der Waals surface area contributed by atoms with Gasteiger partial charge >= 0.3 is 5.97 Å². The number of aryl methyl sites for hydroxylation is 1. The van der Waals surface area contributed by atoms with E-state index in [2.05, 4.69) is 12.2 Å². The van der Waals surface area contributed by atoms with Gasteiger partial charge in [-0.25, -0.2) is 4.79 Å². The summed E-state index contributed by atoms with van der Waals surface area (Å²) in [5.74, 6) is -0.853. The minimum Gasteiger partial charge on any atom is -0.452 e. The molecule has 150 valence electrons. The Labute approximate surface area is 167 Å². The van der Waals surface area contributed by atoms with E-state index in [0.29, 0.717) is 12.2 Å². The molecule has 1 amide bonds. The molecule has 1 atom stereocenters. The Bertz CT molecular complexity index is 766. The highest BCUT2D eigenvalue weighted by molar-refractivity contribution is 5.91. The van der Waals surface area contributed by atoms with E-state index in [-0.39, 0.29) is 24.7 Å². The van der Waals surface area contributed by atoms with E-state index in [9.17, 15) is 9.59 Å². The zero-order valence-corrected chi connectivity index (χ0v) is 17.0. The summed E-state index contributed by atoms with van der Waals surface area (Å²) in [5, 5.41) is 2.84. The van der Waals surface area contributed by atoms with Crippen molar-refractivity contribution in [1.29, 1.82) is 0 Å². The summed E-state index contributed by atoms with van der Waals surface area (Å²) in [6.45, 7) is 8.12. The van der Waals surface area contributed by atoms with Crippen LogP contribution in [0.25, 0.3) is 0 Å². The van der Waals surface area contributed by atoms with Crippen LogP contribution in [0.3, 0.4) is 0 Å². The zero-order valence-electron chi connectivity index (χ0n) is 17.0. The highest BCUT2D eigenvalue weighted by Gasteiger charge is 2.13. The molecule has 0 saturated heterocycles. The highest BCUT2D eigenvalue weighted by Crippen LogP contribution is 2.14. The molecule has 5 heteroatoms. The molecule has 0 aliphatic rings. The lowest BCUT2D eigenvalue weighted by atomic mass is 10.1. The lowest BCUT2D eigenvalue weighted by molar-refractivity contribution is -0.124. The summed E-state index contributed by atoms with van der Waals surface area (Å²) in [6.07, 6.45) is 1.12. The Balaban J connectivity index is 1.80. The number of carbonyl (C=O) groups excluding carboxylic acids is 2. The topological polar surface area (TPSA) is 64.6 Å². The first kappa shape index (κ1) is 21.6. The van der Waals surface area contributed by atoms with E-state index < -0.39 is 5.97 Å². The lowest BCUT2D eigenvalue weighted by Gasteiger charge is -2.15. The van der Waals surface area contributed by atoms with Gasteiger partial charge in [0.15, 0.2) is 6.61 Å². The second-order valence-electron chi connectivity index (χ2n) is 7.02. The smallest absolute Gasteiger partial charge is 0.338 e. The van der Waals surface area contributed by atoms with E-state index >= 15 is 0 Å². The normalized spacial score (nSPS) is 11.9. The third-order valence-electron chi connectivity index (χ3n) is 4.37. The first-order valence-electron chi connectivity index (χ1n) is 9.65. The van der Waals surface area contributed by atoms with Gasteiger partial charge in [-0.3, -0.25) is 4.79 Å². The van der Waals surface area contributed by atoms with Crippen molar-refractivity contribution in [1.82, 2.24) is 5.32 Å². The fourth-order valence-corrected chi connectivity index (χ4v) is 2.62. The van der Waals surface area contributed by atoms with Crippen LogP contribution in [0.2, 0.25) is 0 Å². The van der Waals surface area contributed by atoms with Crippen LogP contribution in [-0.2, 0) is 27.3 Å². The molecular formula is C23H29NO4. The standard InChI is InChI=1S/C23H29NO4/c1-5-18-6-10-20(11-7-18)17(4)24-22(25)15-28-23(26)21-12-8-19(9-13-21)14-27-16(2)3/h6-13,16-17H,5,14-15H2,1-4H3,(H,24,25)/t17-/m1/s1. The van der Waals surface area contributed by atoms with Gasteiger partial charge in [0, 0.05) is 0 Å². The zero-order chi connectivity index (χ0) is 20.5. The third kappa shape index (κ3) is 6.82. The average molecular weight is 383 g/mol. The fourth-order valence-electron chi connectivity index (χ4n) is 2.62.